The third-order valence-electron chi connectivity index (χ3n) is 1.93. The second-order valence-corrected chi connectivity index (χ2v) is 3.14. The average molecular weight is 238 g/mol. The van der Waals surface area contributed by atoms with Gasteiger partial charge in [0.25, 0.3) is 5.69 Å². The molecule has 0 saturated heterocycles. The molecule has 9 heteroatoms. The highest BCUT2D eigenvalue weighted by Crippen LogP contribution is 2.20. The summed E-state index contributed by atoms with van der Waals surface area (Å²) >= 11 is 0. The number of non-ortho nitro benzene ring substituents is 1. The second kappa shape index (κ2) is 4.51. The number of aromatic nitrogens is 4. The number of aromatic amines is 1. The molecule has 0 amide bonds. The standard InChI is InChI=1S/C8H7FN6O2/c9-5-1-6(3-7(2-5)15(16)17)10-4-8-11-13-14-12-8/h1-3,10H,4H2,(H,11,12,13,14). The van der Waals surface area contributed by atoms with Crippen molar-refractivity contribution in [1.82, 2.24) is 20.6 Å². The number of tetrazole rings is 1. The summed E-state index contributed by atoms with van der Waals surface area (Å²) < 4.78 is 13.1. The van der Waals surface area contributed by atoms with Gasteiger partial charge in [0.05, 0.1) is 17.5 Å². The molecule has 0 aliphatic heterocycles. The number of nitro benzene ring substituents is 1. The minimum Gasteiger partial charge on any atom is -0.377 e. The van der Waals surface area contributed by atoms with E-state index in [1.165, 1.54) is 6.07 Å². The Morgan fingerprint density at radius 2 is 2.29 bits per heavy atom. The number of hydrogen-bond donors (Lipinski definition) is 2. The number of nitrogens with one attached hydrogen (secondary N) is 2. The van der Waals surface area contributed by atoms with Crippen molar-refractivity contribution >= 4 is 11.4 Å². The highest BCUT2D eigenvalue weighted by atomic mass is 19.1. The molecule has 0 bridgehead atoms. The van der Waals surface area contributed by atoms with Gasteiger partial charge >= 0.3 is 0 Å². The molecule has 8 nitrogen and oxygen atoms in total. The van der Waals surface area contributed by atoms with Gasteiger partial charge in [-0.15, -0.1) is 10.2 Å². The summed E-state index contributed by atoms with van der Waals surface area (Å²) in [5, 5.41) is 26.2. The largest absolute Gasteiger partial charge is 0.377 e. The first kappa shape index (κ1) is 10.9. The van der Waals surface area contributed by atoms with Crippen LogP contribution in [0.5, 0.6) is 0 Å². The number of H-pyrrole nitrogens is 1. The van der Waals surface area contributed by atoms with Gasteiger partial charge in [0.1, 0.15) is 5.82 Å². The number of nitrogens with zero attached hydrogens (tertiary/aromatic N) is 4. The van der Waals surface area contributed by atoms with Crippen molar-refractivity contribution in [1.29, 1.82) is 0 Å². The van der Waals surface area contributed by atoms with Gasteiger partial charge < -0.3 is 5.32 Å². The predicted molar refractivity (Wildman–Crippen MR) is 54.6 cm³/mol. The molecule has 2 N–H and O–H groups in total. The molecule has 0 aliphatic carbocycles. The summed E-state index contributed by atoms with van der Waals surface area (Å²) in [5.74, 6) is -0.313. The Morgan fingerprint density at radius 3 is 2.94 bits per heavy atom. The summed E-state index contributed by atoms with van der Waals surface area (Å²) in [6.07, 6.45) is 0. The molecule has 2 rings (SSSR count). The first-order chi connectivity index (χ1) is 8.15. The van der Waals surface area contributed by atoms with Crippen molar-refractivity contribution in [2.75, 3.05) is 5.32 Å². The van der Waals surface area contributed by atoms with Crippen molar-refractivity contribution in [2.45, 2.75) is 6.54 Å². The van der Waals surface area contributed by atoms with E-state index in [4.69, 9.17) is 0 Å². The molecular weight excluding hydrogens is 231 g/mol. The monoisotopic (exact) mass is 238 g/mol. The van der Waals surface area contributed by atoms with Gasteiger partial charge in [-0.3, -0.25) is 10.1 Å². The average Bonchev–Trinajstić information content (AvgIpc) is 2.78. The van der Waals surface area contributed by atoms with Crippen molar-refractivity contribution in [2.24, 2.45) is 0 Å². The van der Waals surface area contributed by atoms with Crippen LogP contribution in [0.2, 0.25) is 0 Å². The van der Waals surface area contributed by atoms with E-state index in [9.17, 15) is 14.5 Å². The molecule has 1 aromatic heterocycles. The summed E-state index contributed by atoms with van der Waals surface area (Å²) in [7, 11) is 0. The lowest BCUT2D eigenvalue weighted by molar-refractivity contribution is -0.385. The normalized spacial score (nSPS) is 10.2. The smallest absolute Gasteiger partial charge is 0.274 e. The molecule has 0 spiro atoms. The van der Waals surface area contributed by atoms with E-state index in [0.717, 1.165) is 12.1 Å². The topological polar surface area (TPSA) is 110 Å². The van der Waals surface area contributed by atoms with Crippen LogP contribution >= 0.6 is 0 Å². The van der Waals surface area contributed by atoms with E-state index in [-0.39, 0.29) is 17.9 Å². The fourth-order valence-electron chi connectivity index (χ4n) is 1.22. The number of anilines is 1. The van der Waals surface area contributed by atoms with Crippen LogP contribution in [0.25, 0.3) is 0 Å². The zero-order chi connectivity index (χ0) is 12.3. The third-order valence-corrected chi connectivity index (χ3v) is 1.93. The molecular formula is C8H7FN6O2. The number of benzene rings is 1. The zero-order valence-electron chi connectivity index (χ0n) is 8.42. The lowest BCUT2D eigenvalue weighted by atomic mass is 10.2. The Hall–Kier alpha value is -2.58. The molecule has 2 aromatic rings. The number of nitro groups is 1. The van der Waals surface area contributed by atoms with E-state index in [1.54, 1.807) is 0 Å². The van der Waals surface area contributed by atoms with E-state index in [2.05, 4.69) is 25.9 Å². The Labute approximate surface area is 94.0 Å². The van der Waals surface area contributed by atoms with Gasteiger partial charge in [-0.2, -0.15) is 5.21 Å². The van der Waals surface area contributed by atoms with Crippen molar-refractivity contribution < 1.29 is 9.31 Å². The van der Waals surface area contributed by atoms with Crippen LogP contribution in [0.15, 0.2) is 18.2 Å². The second-order valence-electron chi connectivity index (χ2n) is 3.14. The fourth-order valence-corrected chi connectivity index (χ4v) is 1.22. The molecule has 0 fully saturated rings. The minimum atomic E-state index is -0.685. The maximum atomic E-state index is 13.1. The minimum absolute atomic E-state index is 0.192. The predicted octanol–water partition coefficient (Wildman–Crippen LogP) is 0.859. The summed E-state index contributed by atoms with van der Waals surface area (Å²) in [6.45, 7) is 0.192. The van der Waals surface area contributed by atoms with Crippen LogP contribution in [0.3, 0.4) is 0 Å². The molecule has 17 heavy (non-hydrogen) atoms. The van der Waals surface area contributed by atoms with Crippen LogP contribution in [-0.4, -0.2) is 25.5 Å². The Morgan fingerprint density at radius 1 is 1.47 bits per heavy atom. The number of rotatable bonds is 4. The van der Waals surface area contributed by atoms with Gasteiger partial charge in [-0.1, -0.05) is 5.21 Å². The van der Waals surface area contributed by atoms with Gasteiger partial charge in [-0.05, 0) is 6.07 Å². The zero-order valence-corrected chi connectivity index (χ0v) is 8.42. The van der Waals surface area contributed by atoms with Gasteiger partial charge in [-0.25, -0.2) is 4.39 Å². The summed E-state index contributed by atoms with van der Waals surface area (Å²) in [4.78, 5) is 9.85. The molecule has 0 aliphatic rings. The van der Waals surface area contributed by atoms with Crippen LogP contribution in [0, 0.1) is 15.9 Å². The van der Waals surface area contributed by atoms with Gasteiger partial charge in [0.15, 0.2) is 5.82 Å². The first-order valence-corrected chi connectivity index (χ1v) is 4.56. The van der Waals surface area contributed by atoms with Crippen LogP contribution in [0.4, 0.5) is 15.8 Å². The number of halogens is 1. The molecule has 88 valence electrons. The van der Waals surface area contributed by atoms with Crippen molar-refractivity contribution in [3.05, 3.63) is 40.0 Å². The van der Waals surface area contributed by atoms with Crippen molar-refractivity contribution in [3.63, 3.8) is 0 Å². The van der Waals surface area contributed by atoms with Crippen LogP contribution in [0.1, 0.15) is 5.82 Å². The quantitative estimate of drug-likeness (QED) is 0.603. The third kappa shape index (κ3) is 2.71. The maximum absolute atomic E-state index is 13.1. The van der Waals surface area contributed by atoms with Gasteiger partial charge in [0.2, 0.25) is 0 Å². The molecule has 1 heterocycles. The van der Waals surface area contributed by atoms with Crippen LogP contribution < -0.4 is 5.32 Å². The highest BCUT2D eigenvalue weighted by molar-refractivity contribution is 5.51. The Balaban J connectivity index is 2.13. The van der Waals surface area contributed by atoms with E-state index < -0.39 is 10.7 Å². The SMILES string of the molecule is O=[N+]([O-])c1cc(F)cc(NCc2nn[nH]n2)c1. The van der Waals surface area contributed by atoms with Crippen LogP contribution in [-0.2, 0) is 6.54 Å². The molecule has 0 unspecified atom stereocenters. The van der Waals surface area contributed by atoms with Crippen molar-refractivity contribution in [3.8, 4) is 0 Å². The Kier molecular flexibility index (Phi) is 2.90. The summed E-state index contributed by atoms with van der Waals surface area (Å²) in [5.41, 5.74) is -0.0397. The molecule has 1 aromatic carbocycles. The van der Waals surface area contributed by atoms with E-state index >= 15 is 0 Å². The Bertz CT molecular complexity index is 529. The summed E-state index contributed by atoms with van der Waals surface area (Å²) in [6, 6.07) is 3.22. The molecule has 0 saturated carbocycles. The lowest BCUT2D eigenvalue weighted by Crippen LogP contribution is -2.02. The molecule has 0 atom stereocenters. The number of hydrogen-bond acceptors (Lipinski definition) is 6. The lowest BCUT2D eigenvalue weighted by Gasteiger charge is -2.03. The highest BCUT2D eigenvalue weighted by Gasteiger charge is 2.09. The van der Waals surface area contributed by atoms with E-state index in [0.29, 0.717) is 5.82 Å². The molecule has 0 radical (unpaired) electrons. The maximum Gasteiger partial charge on any atom is 0.274 e. The first-order valence-electron chi connectivity index (χ1n) is 4.56. The van der Waals surface area contributed by atoms with Gasteiger partial charge in [0, 0.05) is 11.8 Å². The fraction of sp³-hybridized carbons (Fsp3) is 0.125. The van der Waals surface area contributed by atoms with E-state index in [1.807, 2.05) is 0 Å².